The minimum atomic E-state index is -3.86. The molecule has 2 aromatic rings. The van der Waals surface area contributed by atoms with Gasteiger partial charge in [-0.25, -0.2) is 8.42 Å². The molecule has 0 aliphatic carbocycles. The minimum Gasteiger partial charge on any atom is -0.508 e. The van der Waals surface area contributed by atoms with E-state index < -0.39 is 10.0 Å². The van der Waals surface area contributed by atoms with Gasteiger partial charge in [0.1, 0.15) is 11.5 Å². The molecule has 0 aromatic heterocycles. The zero-order chi connectivity index (χ0) is 16.6. The molecule has 5 nitrogen and oxygen atoms in total. The number of sulfonamides is 1. The van der Waals surface area contributed by atoms with Gasteiger partial charge in [-0.1, -0.05) is 30.3 Å². The Morgan fingerprint density at radius 2 is 1.83 bits per heavy atom. The Labute approximate surface area is 135 Å². The number of aromatic hydroxyl groups is 2. The Kier molecular flexibility index (Phi) is 3.87. The molecule has 0 radical (unpaired) electrons. The molecule has 0 spiro atoms. The van der Waals surface area contributed by atoms with E-state index in [1.165, 1.54) is 4.31 Å². The van der Waals surface area contributed by atoms with Crippen molar-refractivity contribution in [3.8, 4) is 11.5 Å². The second-order valence-corrected chi connectivity index (χ2v) is 7.36. The van der Waals surface area contributed by atoms with Crippen LogP contribution in [0.1, 0.15) is 23.6 Å². The van der Waals surface area contributed by atoms with Gasteiger partial charge in [0, 0.05) is 24.7 Å². The Bertz CT molecular complexity index is 840. The lowest BCUT2D eigenvalue weighted by Gasteiger charge is -2.24. The second-order valence-electron chi connectivity index (χ2n) is 5.47. The first-order chi connectivity index (χ1) is 10.9. The smallest absolute Gasteiger partial charge is 0.244 e. The number of benzene rings is 2. The largest absolute Gasteiger partial charge is 0.508 e. The molecule has 0 bridgehead atoms. The molecule has 1 atom stereocenters. The fourth-order valence-electron chi connectivity index (χ4n) is 2.94. The van der Waals surface area contributed by atoms with Crippen LogP contribution in [0.4, 0.5) is 0 Å². The molecule has 120 valence electrons. The Balaban J connectivity index is 2.08. The maximum atomic E-state index is 13.0. The van der Waals surface area contributed by atoms with Gasteiger partial charge in [0.25, 0.3) is 0 Å². The van der Waals surface area contributed by atoms with Crippen molar-refractivity contribution < 1.29 is 18.6 Å². The number of hydrogen-bond donors (Lipinski definition) is 2. The summed E-state index contributed by atoms with van der Waals surface area (Å²) in [6, 6.07) is 10.6. The van der Waals surface area contributed by atoms with E-state index in [4.69, 9.17) is 0 Å². The summed E-state index contributed by atoms with van der Waals surface area (Å²) in [6.45, 7) is 3.97. The van der Waals surface area contributed by atoms with Crippen LogP contribution in [0, 0.1) is 0 Å². The second kappa shape index (κ2) is 5.72. The first-order valence-corrected chi connectivity index (χ1v) is 8.61. The summed E-state index contributed by atoms with van der Waals surface area (Å²) in [5.74, 6) is -0.582. The zero-order valence-corrected chi connectivity index (χ0v) is 13.2. The first-order valence-electron chi connectivity index (χ1n) is 7.17. The summed E-state index contributed by atoms with van der Waals surface area (Å²) >= 11 is 0. The van der Waals surface area contributed by atoms with Crippen LogP contribution in [0.25, 0.3) is 0 Å². The van der Waals surface area contributed by atoms with Crippen LogP contribution in [-0.2, 0) is 16.6 Å². The third kappa shape index (κ3) is 2.71. The highest BCUT2D eigenvalue weighted by Crippen LogP contribution is 2.40. The molecule has 6 heteroatoms. The number of hydrogen-bond acceptors (Lipinski definition) is 4. The van der Waals surface area contributed by atoms with E-state index in [-0.39, 0.29) is 29.0 Å². The molecule has 1 aliphatic rings. The number of phenolic OH excluding ortho intramolecular Hbond substituents is 2. The van der Waals surface area contributed by atoms with E-state index in [0.29, 0.717) is 6.42 Å². The third-order valence-electron chi connectivity index (χ3n) is 3.96. The Morgan fingerprint density at radius 3 is 2.48 bits per heavy atom. The SMILES string of the molecule is C=CCC1c2ccccc2CN1S(=O)(=O)c1cc(O)cc(O)c1. The summed E-state index contributed by atoms with van der Waals surface area (Å²) < 4.78 is 27.3. The normalized spacial score (nSPS) is 17.8. The molecule has 0 saturated carbocycles. The summed E-state index contributed by atoms with van der Waals surface area (Å²) in [6.07, 6.45) is 2.18. The summed E-state index contributed by atoms with van der Waals surface area (Å²) in [5, 5.41) is 19.2. The molecule has 1 aliphatic heterocycles. The van der Waals surface area contributed by atoms with Crippen molar-refractivity contribution in [1.29, 1.82) is 0 Å². The van der Waals surface area contributed by atoms with Crippen LogP contribution >= 0.6 is 0 Å². The fraction of sp³-hybridized carbons (Fsp3) is 0.176. The van der Waals surface area contributed by atoms with Crippen molar-refractivity contribution in [2.24, 2.45) is 0 Å². The number of phenols is 2. The maximum absolute atomic E-state index is 13.0. The van der Waals surface area contributed by atoms with Gasteiger partial charge < -0.3 is 10.2 Å². The molecule has 23 heavy (non-hydrogen) atoms. The van der Waals surface area contributed by atoms with Gasteiger partial charge in [0.15, 0.2) is 0 Å². The predicted molar refractivity (Wildman–Crippen MR) is 86.5 cm³/mol. The van der Waals surface area contributed by atoms with E-state index in [0.717, 1.165) is 29.3 Å². The van der Waals surface area contributed by atoms with Gasteiger partial charge in [-0.05, 0) is 17.5 Å². The van der Waals surface area contributed by atoms with E-state index >= 15 is 0 Å². The molecule has 2 N–H and O–H groups in total. The van der Waals surface area contributed by atoms with Crippen molar-refractivity contribution in [2.75, 3.05) is 0 Å². The van der Waals surface area contributed by atoms with Crippen molar-refractivity contribution >= 4 is 10.0 Å². The standard InChI is InChI=1S/C17H17NO4S/c1-2-5-17-16-7-4-3-6-12(16)11-18(17)23(21,22)15-9-13(19)8-14(20)10-15/h2-4,6-10,17,19-20H,1,5,11H2. The molecule has 1 unspecified atom stereocenters. The van der Waals surface area contributed by atoms with Crippen LogP contribution < -0.4 is 0 Å². The van der Waals surface area contributed by atoms with Crippen LogP contribution in [0.2, 0.25) is 0 Å². The molecular formula is C17H17NO4S. The Hall–Kier alpha value is -2.31. The fourth-order valence-corrected chi connectivity index (χ4v) is 4.60. The van der Waals surface area contributed by atoms with Gasteiger partial charge in [0.05, 0.1) is 10.9 Å². The topological polar surface area (TPSA) is 77.8 Å². The van der Waals surface area contributed by atoms with E-state index in [1.54, 1.807) is 6.08 Å². The van der Waals surface area contributed by atoms with Gasteiger partial charge in [-0.2, -0.15) is 4.31 Å². The summed E-state index contributed by atoms with van der Waals surface area (Å²) in [7, 11) is -3.86. The molecule has 3 rings (SSSR count). The van der Waals surface area contributed by atoms with E-state index in [2.05, 4.69) is 6.58 Å². The van der Waals surface area contributed by atoms with Gasteiger partial charge in [-0.3, -0.25) is 0 Å². The molecular weight excluding hydrogens is 314 g/mol. The number of rotatable bonds is 4. The summed E-state index contributed by atoms with van der Waals surface area (Å²) in [4.78, 5) is -0.128. The highest BCUT2D eigenvalue weighted by molar-refractivity contribution is 7.89. The lowest BCUT2D eigenvalue weighted by atomic mass is 10.0. The van der Waals surface area contributed by atoms with Crippen molar-refractivity contribution in [1.82, 2.24) is 4.31 Å². The predicted octanol–water partition coefficient (Wildman–Crippen LogP) is 2.92. The van der Waals surface area contributed by atoms with E-state index in [1.807, 2.05) is 24.3 Å². The van der Waals surface area contributed by atoms with Crippen molar-refractivity contribution in [3.63, 3.8) is 0 Å². The highest BCUT2D eigenvalue weighted by atomic mass is 32.2. The lowest BCUT2D eigenvalue weighted by Crippen LogP contribution is -2.29. The molecule has 1 heterocycles. The number of fused-ring (bicyclic) bond motifs is 1. The van der Waals surface area contributed by atoms with Crippen LogP contribution in [0.3, 0.4) is 0 Å². The van der Waals surface area contributed by atoms with Crippen LogP contribution in [0.15, 0.2) is 60.0 Å². The molecule has 2 aromatic carbocycles. The van der Waals surface area contributed by atoms with Crippen molar-refractivity contribution in [2.45, 2.75) is 23.9 Å². The zero-order valence-electron chi connectivity index (χ0n) is 12.4. The molecule has 0 saturated heterocycles. The van der Waals surface area contributed by atoms with Crippen molar-refractivity contribution in [3.05, 3.63) is 66.2 Å². The quantitative estimate of drug-likeness (QED) is 0.845. The molecule has 0 fully saturated rings. The monoisotopic (exact) mass is 331 g/mol. The van der Waals surface area contributed by atoms with Gasteiger partial charge in [-0.15, -0.1) is 6.58 Å². The average molecular weight is 331 g/mol. The number of nitrogens with zero attached hydrogens (tertiary/aromatic N) is 1. The third-order valence-corrected chi connectivity index (χ3v) is 5.79. The van der Waals surface area contributed by atoms with Gasteiger partial charge >= 0.3 is 0 Å². The minimum absolute atomic E-state index is 0.128. The van der Waals surface area contributed by atoms with Gasteiger partial charge in [0.2, 0.25) is 10.0 Å². The van der Waals surface area contributed by atoms with E-state index in [9.17, 15) is 18.6 Å². The summed E-state index contributed by atoms with van der Waals surface area (Å²) in [5.41, 5.74) is 1.91. The Morgan fingerprint density at radius 1 is 1.17 bits per heavy atom. The highest BCUT2D eigenvalue weighted by Gasteiger charge is 2.38. The lowest BCUT2D eigenvalue weighted by molar-refractivity contribution is 0.351. The maximum Gasteiger partial charge on any atom is 0.244 e. The van der Waals surface area contributed by atoms with Crippen LogP contribution in [-0.4, -0.2) is 22.9 Å². The van der Waals surface area contributed by atoms with Crippen LogP contribution in [0.5, 0.6) is 11.5 Å². The first kappa shape index (κ1) is 15.6. The average Bonchev–Trinajstić information content (AvgIpc) is 2.86. The molecule has 0 amide bonds.